The zero-order valence-electron chi connectivity index (χ0n) is 14.4. The van der Waals surface area contributed by atoms with Crippen LogP contribution in [0.3, 0.4) is 0 Å². The fourth-order valence-electron chi connectivity index (χ4n) is 3.19. The monoisotopic (exact) mass is 379 g/mol. The summed E-state index contributed by atoms with van der Waals surface area (Å²) in [4.78, 5) is 6.88. The Hall–Kier alpha value is -3.04. The van der Waals surface area contributed by atoms with Gasteiger partial charge in [-0.1, -0.05) is 17.4 Å². The van der Waals surface area contributed by atoms with Crippen LogP contribution in [0.4, 0.5) is 5.13 Å². The van der Waals surface area contributed by atoms with Crippen molar-refractivity contribution < 1.29 is 5.11 Å². The number of hydrogen-bond acceptors (Lipinski definition) is 8. The van der Waals surface area contributed by atoms with Gasteiger partial charge < -0.3 is 15.3 Å². The first-order chi connectivity index (χ1) is 13.3. The number of phenolic OH excluding ortho intramolecular Hbond substituents is 1. The molecule has 9 heteroatoms. The molecule has 136 valence electrons. The number of H-pyrrole nitrogens is 1. The number of thiazole rings is 1. The molecule has 27 heavy (non-hydrogen) atoms. The van der Waals surface area contributed by atoms with Crippen molar-refractivity contribution in [1.29, 1.82) is 0 Å². The van der Waals surface area contributed by atoms with Gasteiger partial charge in [0.25, 0.3) is 0 Å². The maximum Gasteiger partial charge on any atom is 0.194 e. The summed E-state index contributed by atoms with van der Waals surface area (Å²) in [5.41, 5.74) is 3.73. The van der Waals surface area contributed by atoms with E-state index in [1.165, 1.54) is 0 Å². The van der Waals surface area contributed by atoms with E-state index in [4.69, 9.17) is 0 Å². The highest BCUT2D eigenvalue weighted by atomic mass is 32.1. The fraction of sp³-hybridized carbons (Fsp3) is 0.222. The Labute approximate surface area is 158 Å². The molecule has 1 aliphatic heterocycles. The van der Waals surface area contributed by atoms with Crippen LogP contribution in [0.5, 0.6) is 5.75 Å². The number of aromatic amines is 1. The molecular weight excluding hydrogens is 362 g/mol. The normalized spacial score (nSPS) is 14.7. The molecule has 4 aromatic rings. The van der Waals surface area contributed by atoms with Gasteiger partial charge in [0.1, 0.15) is 5.75 Å². The predicted molar refractivity (Wildman–Crippen MR) is 105 cm³/mol. The standard InChI is InChI=1S/C18H17N7OS/c26-15-7-11(12-9-20-21-10-12)1-2-13(15)14-8-16-17(24-23-14)22-18(27-16)25-5-3-19-4-6-25/h1-2,7-10,19,26H,3-6H2,(H,20,21). The molecule has 8 nitrogen and oxygen atoms in total. The van der Waals surface area contributed by atoms with E-state index >= 15 is 0 Å². The maximum absolute atomic E-state index is 10.5. The number of nitrogens with one attached hydrogen (secondary N) is 2. The molecule has 1 aromatic carbocycles. The SMILES string of the molecule is Oc1cc(-c2cn[nH]c2)ccc1-c1cc2sc(N3CCNCC3)nc2nn1. The molecule has 1 aliphatic rings. The maximum atomic E-state index is 10.5. The van der Waals surface area contributed by atoms with Gasteiger partial charge in [-0.05, 0) is 23.8 Å². The molecule has 3 N–H and O–H groups in total. The van der Waals surface area contributed by atoms with Crippen LogP contribution in [-0.2, 0) is 0 Å². The molecule has 0 spiro atoms. The third kappa shape index (κ3) is 3.00. The third-order valence-electron chi connectivity index (χ3n) is 4.64. The number of aromatic nitrogens is 5. The van der Waals surface area contributed by atoms with Crippen LogP contribution in [0.1, 0.15) is 0 Å². The van der Waals surface area contributed by atoms with Gasteiger partial charge in [-0.2, -0.15) is 10.1 Å². The summed E-state index contributed by atoms with van der Waals surface area (Å²) < 4.78 is 0.965. The highest BCUT2D eigenvalue weighted by Gasteiger charge is 2.17. The van der Waals surface area contributed by atoms with Crippen LogP contribution in [0, 0.1) is 0 Å². The summed E-state index contributed by atoms with van der Waals surface area (Å²) >= 11 is 1.61. The van der Waals surface area contributed by atoms with E-state index in [1.54, 1.807) is 29.8 Å². The number of piperazine rings is 1. The average Bonchev–Trinajstić information content (AvgIpc) is 3.38. The molecular formula is C18H17N7OS. The Kier molecular flexibility index (Phi) is 3.95. The lowest BCUT2D eigenvalue weighted by Gasteiger charge is -2.26. The first-order valence-electron chi connectivity index (χ1n) is 8.70. The lowest BCUT2D eigenvalue weighted by Crippen LogP contribution is -2.43. The van der Waals surface area contributed by atoms with Gasteiger partial charge in [-0.3, -0.25) is 5.10 Å². The molecule has 0 saturated carbocycles. The number of fused-ring (bicyclic) bond motifs is 1. The predicted octanol–water partition coefficient (Wildman–Crippen LogP) is 2.26. The first-order valence-corrected chi connectivity index (χ1v) is 9.52. The van der Waals surface area contributed by atoms with Crippen molar-refractivity contribution in [2.75, 3.05) is 31.1 Å². The van der Waals surface area contributed by atoms with Gasteiger partial charge in [0, 0.05) is 43.5 Å². The summed E-state index contributed by atoms with van der Waals surface area (Å²) in [6, 6.07) is 7.44. The van der Waals surface area contributed by atoms with Crippen LogP contribution >= 0.6 is 11.3 Å². The van der Waals surface area contributed by atoms with Gasteiger partial charge in [-0.15, -0.1) is 10.2 Å². The lowest BCUT2D eigenvalue weighted by molar-refractivity contribution is 0.477. The van der Waals surface area contributed by atoms with Crippen molar-refractivity contribution >= 4 is 26.8 Å². The van der Waals surface area contributed by atoms with E-state index in [0.717, 1.165) is 47.1 Å². The van der Waals surface area contributed by atoms with E-state index in [2.05, 4.69) is 35.6 Å². The van der Waals surface area contributed by atoms with Crippen LogP contribution in [0.2, 0.25) is 0 Å². The largest absolute Gasteiger partial charge is 0.507 e. The molecule has 1 saturated heterocycles. The number of rotatable bonds is 3. The third-order valence-corrected chi connectivity index (χ3v) is 5.69. The second-order valence-electron chi connectivity index (χ2n) is 6.37. The second-order valence-corrected chi connectivity index (χ2v) is 7.38. The zero-order chi connectivity index (χ0) is 18.2. The summed E-state index contributed by atoms with van der Waals surface area (Å²) in [5.74, 6) is 0.161. The lowest BCUT2D eigenvalue weighted by atomic mass is 10.0. The van der Waals surface area contributed by atoms with E-state index in [0.29, 0.717) is 16.9 Å². The van der Waals surface area contributed by atoms with Crippen molar-refractivity contribution in [2.45, 2.75) is 0 Å². The Balaban J connectivity index is 1.49. The molecule has 0 amide bonds. The second kappa shape index (κ2) is 6.60. The summed E-state index contributed by atoms with van der Waals surface area (Å²) in [6.45, 7) is 3.81. The van der Waals surface area contributed by atoms with Crippen LogP contribution in [0.15, 0.2) is 36.7 Å². The highest BCUT2D eigenvalue weighted by Crippen LogP contribution is 2.35. The number of nitrogens with zero attached hydrogens (tertiary/aromatic N) is 5. The van der Waals surface area contributed by atoms with E-state index in [-0.39, 0.29) is 5.75 Å². The van der Waals surface area contributed by atoms with Crippen LogP contribution < -0.4 is 10.2 Å². The summed E-state index contributed by atoms with van der Waals surface area (Å²) in [6.07, 6.45) is 3.50. The van der Waals surface area contributed by atoms with E-state index in [1.807, 2.05) is 18.2 Å². The first kappa shape index (κ1) is 16.2. The molecule has 0 bridgehead atoms. The molecule has 0 unspecified atom stereocenters. The van der Waals surface area contributed by atoms with Gasteiger partial charge in [0.2, 0.25) is 0 Å². The number of benzene rings is 1. The van der Waals surface area contributed by atoms with Gasteiger partial charge in [0.05, 0.1) is 16.6 Å². The van der Waals surface area contributed by atoms with E-state index in [9.17, 15) is 5.11 Å². The quantitative estimate of drug-likeness (QED) is 0.502. The van der Waals surface area contributed by atoms with Crippen LogP contribution in [-0.4, -0.2) is 56.7 Å². The number of phenols is 1. The van der Waals surface area contributed by atoms with Crippen molar-refractivity contribution in [3.8, 4) is 28.1 Å². The molecule has 1 fully saturated rings. The zero-order valence-corrected chi connectivity index (χ0v) is 15.2. The number of aromatic hydroxyl groups is 1. The molecule has 3 aromatic heterocycles. The van der Waals surface area contributed by atoms with Gasteiger partial charge in [-0.25, -0.2) is 0 Å². The topological polar surface area (TPSA) is 103 Å². The van der Waals surface area contributed by atoms with Gasteiger partial charge >= 0.3 is 0 Å². The summed E-state index contributed by atoms with van der Waals surface area (Å²) in [7, 11) is 0. The minimum atomic E-state index is 0.161. The van der Waals surface area contributed by atoms with Crippen molar-refractivity contribution in [3.63, 3.8) is 0 Å². The highest BCUT2D eigenvalue weighted by molar-refractivity contribution is 7.22. The van der Waals surface area contributed by atoms with Crippen molar-refractivity contribution in [1.82, 2.24) is 30.7 Å². The number of anilines is 1. The van der Waals surface area contributed by atoms with Crippen LogP contribution in [0.25, 0.3) is 32.7 Å². The van der Waals surface area contributed by atoms with Crippen molar-refractivity contribution in [3.05, 3.63) is 36.7 Å². The molecule has 0 radical (unpaired) electrons. The Morgan fingerprint density at radius 1 is 1.07 bits per heavy atom. The average molecular weight is 379 g/mol. The molecule has 0 atom stereocenters. The fourth-order valence-corrected chi connectivity index (χ4v) is 4.18. The minimum Gasteiger partial charge on any atom is -0.507 e. The van der Waals surface area contributed by atoms with Gasteiger partial charge in [0.15, 0.2) is 10.8 Å². The molecule has 4 heterocycles. The number of hydrogen-bond donors (Lipinski definition) is 3. The smallest absolute Gasteiger partial charge is 0.194 e. The van der Waals surface area contributed by atoms with E-state index < -0.39 is 0 Å². The Bertz CT molecular complexity index is 1090. The molecule has 0 aliphatic carbocycles. The van der Waals surface area contributed by atoms with Crippen molar-refractivity contribution in [2.24, 2.45) is 0 Å². The minimum absolute atomic E-state index is 0.161. The summed E-state index contributed by atoms with van der Waals surface area (Å²) in [5, 5.41) is 30.1. The Morgan fingerprint density at radius 3 is 2.74 bits per heavy atom. The molecule has 5 rings (SSSR count). The Morgan fingerprint density at radius 2 is 1.96 bits per heavy atom.